The number of benzene rings is 2. The standard InChI is InChI=1S/C7H7ClO.C7H8O/c1-5-6(8)3-2-4-7(5)9;1-6-3-2-4-7(8)5-6/h2-4,9H,1H3;2-5,8H,1H3. The van der Waals surface area contributed by atoms with Gasteiger partial charge in [0.2, 0.25) is 0 Å². The summed E-state index contributed by atoms with van der Waals surface area (Å²) in [7, 11) is 0. The van der Waals surface area contributed by atoms with Crippen LogP contribution in [-0.4, -0.2) is 10.2 Å². The minimum absolute atomic E-state index is 0.252. The molecule has 0 saturated heterocycles. The second-order valence-corrected chi connectivity index (χ2v) is 4.13. The van der Waals surface area contributed by atoms with Gasteiger partial charge < -0.3 is 10.2 Å². The Morgan fingerprint density at radius 1 is 0.941 bits per heavy atom. The molecule has 2 aromatic rings. The smallest absolute Gasteiger partial charge is 0.119 e. The molecule has 0 atom stereocenters. The zero-order valence-corrected chi connectivity index (χ0v) is 10.6. The molecule has 0 aliphatic rings. The Kier molecular flexibility index (Phi) is 4.85. The van der Waals surface area contributed by atoms with Gasteiger partial charge in [-0.1, -0.05) is 29.8 Å². The van der Waals surface area contributed by atoms with Gasteiger partial charge in [0.05, 0.1) is 0 Å². The number of rotatable bonds is 0. The molecule has 2 rings (SSSR count). The van der Waals surface area contributed by atoms with E-state index in [1.807, 2.05) is 19.1 Å². The Labute approximate surface area is 106 Å². The van der Waals surface area contributed by atoms with Gasteiger partial charge in [0, 0.05) is 10.6 Å². The predicted octanol–water partition coefficient (Wildman–Crippen LogP) is 4.05. The van der Waals surface area contributed by atoms with Crippen molar-refractivity contribution in [2.24, 2.45) is 0 Å². The van der Waals surface area contributed by atoms with Crippen molar-refractivity contribution in [3.8, 4) is 11.5 Å². The van der Waals surface area contributed by atoms with Gasteiger partial charge in [-0.25, -0.2) is 0 Å². The molecule has 0 aromatic heterocycles. The molecule has 0 heterocycles. The molecule has 0 unspecified atom stereocenters. The molecule has 0 spiro atoms. The molecule has 17 heavy (non-hydrogen) atoms. The van der Waals surface area contributed by atoms with Gasteiger partial charge in [0.15, 0.2) is 0 Å². The van der Waals surface area contributed by atoms with Crippen molar-refractivity contribution < 1.29 is 10.2 Å². The second-order valence-electron chi connectivity index (χ2n) is 3.72. The number of phenols is 2. The summed E-state index contributed by atoms with van der Waals surface area (Å²) in [5, 5.41) is 18.4. The van der Waals surface area contributed by atoms with Crippen LogP contribution in [0.25, 0.3) is 0 Å². The fraction of sp³-hybridized carbons (Fsp3) is 0.143. The first-order valence-corrected chi connectivity index (χ1v) is 5.58. The molecule has 2 aromatic carbocycles. The van der Waals surface area contributed by atoms with E-state index in [2.05, 4.69) is 0 Å². The van der Waals surface area contributed by atoms with E-state index >= 15 is 0 Å². The van der Waals surface area contributed by atoms with E-state index in [9.17, 15) is 0 Å². The van der Waals surface area contributed by atoms with E-state index in [-0.39, 0.29) is 5.75 Å². The summed E-state index contributed by atoms with van der Waals surface area (Å²) >= 11 is 5.65. The third kappa shape index (κ3) is 4.37. The molecule has 3 heteroatoms. The number of aromatic hydroxyl groups is 2. The molecule has 0 saturated carbocycles. The van der Waals surface area contributed by atoms with Gasteiger partial charge in [-0.05, 0) is 43.7 Å². The molecule has 0 aliphatic carbocycles. The van der Waals surface area contributed by atoms with Gasteiger partial charge in [0.1, 0.15) is 11.5 Å². The molecule has 0 bridgehead atoms. The van der Waals surface area contributed by atoms with E-state index in [4.69, 9.17) is 21.8 Å². The maximum Gasteiger partial charge on any atom is 0.119 e. The largest absolute Gasteiger partial charge is 0.508 e. The summed E-state index contributed by atoms with van der Waals surface area (Å²) in [5.41, 5.74) is 1.82. The number of halogens is 1. The van der Waals surface area contributed by atoms with Crippen LogP contribution in [0.15, 0.2) is 42.5 Å². The summed E-state index contributed by atoms with van der Waals surface area (Å²) in [4.78, 5) is 0. The van der Waals surface area contributed by atoms with Crippen molar-refractivity contribution in [3.05, 3.63) is 58.6 Å². The normalized spacial score (nSPS) is 9.35. The van der Waals surface area contributed by atoms with Crippen LogP contribution in [0.4, 0.5) is 0 Å². The van der Waals surface area contributed by atoms with E-state index in [1.165, 1.54) is 0 Å². The Balaban J connectivity index is 0.000000171. The van der Waals surface area contributed by atoms with E-state index in [0.29, 0.717) is 10.8 Å². The van der Waals surface area contributed by atoms with E-state index in [1.54, 1.807) is 37.3 Å². The summed E-state index contributed by atoms with van der Waals surface area (Å²) in [5.74, 6) is 0.590. The molecule has 0 fully saturated rings. The third-order valence-electron chi connectivity index (χ3n) is 2.24. The highest BCUT2D eigenvalue weighted by Gasteiger charge is 1.96. The topological polar surface area (TPSA) is 40.5 Å². The highest BCUT2D eigenvalue weighted by Crippen LogP contribution is 2.22. The Hall–Kier alpha value is -1.67. The van der Waals surface area contributed by atoms with Gasteiger partial charge in [0.25, 0.3) is 0 Å². The van der Waals surface area contributed by atoms with Crippen molar-refractivity contribution in [1.82, 2.24) is 0 Å². The lowest BCUT2D eigenvalue weighted by Crippen LogP contribution is -1.73. The molecular formula is C14H15ClO2. The van der Waals surface area contributed by atoms with Crippen molar-refractivity contribution in [1.29, 1.82) is 0 Å². The van der Waals surface area contributed by atoms with Crippen LogP contribution in [0, 0.1) is 13.8 Å². The van der Waals surface area contributed by atoms with Gasteiger partial charge >= 0.3 is 0 Å². The fourth-order valence-corrected chi connectivity index (χ4v) is 1.39. The van der Waals surface area contributed by atoms with Crippen LogP contribution >= 0.6 is 11.6 Å². The van der Waals surface area contributed by atoms with Crippen LogP contribution in [0.5, 0.6) is 11.5 Å². The highest BCUT2D eigenvalue weighted by molar-refractivity contribution is 6.31. The highest BCUT2D eigenvalue weighted by atomic mass is 35.5. The maximum atomic E-state index is 9.02. The number of phenolic OH excluding ortho intramolecular Hbond substituents is 2. The molecule has 0 radical (unpaired) electrons. The lowest BCUT2D eigenvalue weighted by atomic mass is 10.2. The minimum atomic E-state index is 0.252. The monoisotopic (exact) mass is 250 g/mol. The molecule has 0 amide bonds. The molecule has 0 aliphatic heterocycles. The maximum absolute atomic E-state index is 9.02. The Bertz CT molecular complexity index is 458. The van der Waals surface area contributed by atoms with Crippen LogP contribution in [0.3, 0.4) is 0 Å². The average molecular weight is 251 g/mol. The van der Waals surface area contributed by atoms with Crippen molar-refractivity contribution in [3.63, 3.8) is 0 Å². The number of hydrogen-bond donors (Lipinski definition) is 2. The quantitative estimate of drug-likeness (QED) is 0.740. The number of hydrogen-bond acceptors (Lipinski definition) is 2. The average Bonchev–Trinajstić information content (AvgIpc) is 2.26. The predicted molar refractivity (Wildman–Crippen MR) is 70.7 cm³/mol. The summed E-state index contributed by atoms with van der Waals surface area (Å²) in [6.45, 7) is 3.72. The fourth-order valence-electron chi connectivity index (χ4n) is 1.22. The van der Waals surface area contributed by atoms with Crippen LogP contribution in [-0.2, 0) is 0 Å². The molecule has 2 nitrogen and oxygen atoms in total. The van der Waals surface area contributed by atoms with Crippen molar-refractivity contribution >= 4 is 11.6 Å². The lowest BCUT2D eigenvalue weighted by molar-refractivity contribution is 0.471. The number of aryl methyl sites for hydroxylation is 1. The summed E-state index contributed by atoms with van der Waals surface area (Å²) in [6.07, 6.45) is 0. The van der Waals surface area contributed by atoms with Crippen LogP contribution in [0.2, 0.25) is 5.02 Å². The minimum Gasteiger partial charge on any atom is -0.508 e. The second kappa shape index (κ2) is 6.16. The van der Waals surface area contributed by atoms with Gasteiger partial charge in [-0.3, -0.25) is 0 Å². The summed E-state index contributed by atoms with van der Waals surface area (Å²) in [6, 6.07) is 12.2. The van der Waals surface area contributed by atoms with Crippen LogP contribution in [0.1, 0.15) is 11.1 Å². The van der Waals surface area contributed by atoms with E-state index in [0.717, 1.165) is 11.1 Å². The first kappa shape index (κ1) is 13.4. The SMILES string of the molecule is Cc1c(O)cccc1Cl.Cc1cccc(O)c1. The van der Waals surface area contributed by atoms with E-state index < -0.39 is 0 Å². The van der Waals surface area contributed by atoms with Crippen molar-refractivity contribution in [2.75, 3.05) is 0 Å². The summed E-state index contributed by atoms with van der Waals surface area (Å²) < 4.78 is 0. The Morgan fingerprint density at radius 3 is 2.00 bits per heavy atom. The molecular weight excluding hydrogens is 236 g/mol. The first-order valence-electron chi connectivity index (χ1n) is 5.20. The van der Waals surface area contributed by atoms with Crippen molar-refractivity contribution in [2.45, 2.75) is 13.8 Å². The van der Waals surface area contributed by atoms with Gasteiger partial charge in [-0.15, -0.1) is 0 Å². The van der Waals surface area contributed by atoms with Gasteiger partial charge in [-0.2, -0.15) is 0 Å². The Morgan fingerprint density at radius 2 is 1.59 bits per heavy atom. The first-order chi connectivity index (χ1) is 8.00. The third-order valence-corrected chi connectivity index (χ3v) is 2.65. The molecule has 2 N–H and O–H groups in total. The zero-order chi connectivity index (χ0) is 12.8. The van der Waals surface area contributed by atoms with Crippen LogP contribution < -0.4 is 0 Å². The zero-order valence-electron chi connectivity index (χ0n) is 9.81. The lowest BCUT2D eigenvalue weighted by Gasteiger charge is -1.97. The molecule has 90 valence electrons.